The summed E-state index contributed by atoms with van der Waals surface area (Å²) in [6.45, 7) is 11.6. The maximum Gasteiger partial charge on any atom is 0.338 e. The number of hydrogen-bond acceptors (Lipinski definition) is 4. The number of aliphatic hydroxyl groups is 1. The molecule has 0 aromatic heterocycles. The van der Waals surface area contributed by atoms with E-state index in [1.807, 2.05) is 30.3 Å². The van der Waals surface area contributed by atoms with E-state index in [9.17, 15) is 14.7 Å². The molecule has 0 spiro atoms. The minimum absolute atomic E-state index is 0. The Balaban J connectivity index is 0.00000353. The van der Waals surface area contributed by atoms with Crippen molar-refractivity contribution in [3.8, 4) is 0 Å². The fourth-order valence-corrected chi connectivity index (χ4v) is 9.83. The van der Waals surface area contributed by atoms with Crippen molar-refractivity contribution in [1.29, 1.82) is 0 Å². The van der Waals surface area contributed by atoms with Gasteiger partial charge < -0.3 is 9.84 Å². The number of hydrogen-bond donors (Lipinski definition) is 1. The highest BCUT2D eigenvalue weighted by Gasteiger charge is 2.63. The van der Waals surface area contributed by atoms with Crippen molar-refractivity contribution in [2.75, 3.05) is 0 Å². The van der Waals surface area contributed by atoms with E-state index in [-0.39, 0.29) is 36.4 Å². The Kier molecular flexibility index (Phi) is 9.06. The van der Waals surface area contributed by atoms with Gasteiger partial charge in [0.05, 0.1) is 11.7 Å². The van der Waals surface area contributed by atoms with Crippen LogP contribution in [0.3, 0.4) is 0 Å². The number of Topliss-reactive ketones (excluding diaryl/α,β-unsaturated/α-hetero) is 1. The van der Waals surface area contributed by atoms with E-state index in [0.717, 1.165) is 25.7 Å². The number of fused-ring (bicyclic) bond motifs is 5. The van der Waals surface area contributed by atoms with Gasteiger partial charge >= 0.3 is 5.97 Å². The molecule has 4 unspecified atom stereocenters. The Morgan fingerprint density at radius 3 is 2.38 bits per heavy atom. The van der Waals surface area contributed by atoms with Gasteiger partial charge in [-0.1, -0.05) is 60.2 Å². The molecule has 0 saturated heterocycles. The van der Waals surface area contributed by atoms with Gasteiger partial charge in [-0.25, -0.2) is 4.79 Å². The second kappa shape index (κ2) is 11.7. The molecule has 4 aliphatic carbocycles. The van der Waals surface area contributed by atoms with E-state index in [4.69, 9.17) is 4.74 Å². The molecule has 4 aliphatic rings. The first kappa shape index (κ1) is 30.3. The molecule has 1 aromatic carbocycles. The van der Waals surface area contributed by atoms with Crippen molar-refractivity contribution >= 4 is 11.8 Å². The molecule has 0 aliphatic heterocycles. The van der Waals surface area contributed by atoms with Crippen LogP contribution in [0.4, 0.5) is 0 Å². The predicted molar refractivity (Wildman–Crippen MR) is 157 cm³/mol. The van der Waals surface area contributed by atoms with E-state index in [1.165, 1.54) is 25.7 Å². The molecule has 10 atom stereocenters. The molecule has 39 heavy (non-hydrogen) atoms. The lowest BCUT2D eigenvalue weighted by atomic mass is 9.43. The zero-order valence-corrected chi connectivity index (χ0v) is 24.3. The fourth-order valence-electron chi connectivity index (χ4n) is 9.83. The third-order valence-corrected chi connectivity index (χ3v) is 12.2. The average molecular weight is 539 g/mol. The second-order valence-corrected chi connectivity index (χ2v) is 14.4. The summed E-state index contributed by atoms with van der Waals surface area (Å²) in [5, 5.41) is 10.5. The van der Waals surface area contributed by atoms with Gasteiger partial charge in [0, 0.05) is 18.8 Å². The number of ketones is 1. The summed E-state index contributed by atoms with van der Waals surface area (Å²) in [6, 6.07) is 9.42. The monoisotopic (exact) mass is 538 g/mol. The largest absolute Gasteiger partial charge is 0.458 e. The standard InChI is InChI=1S/C34H50O4.CH4/c1-21(2)29(36)14-11-22(3)26-12-13-27-31-28(16-18-34(26,27)5)33(4)17-15-25(35)19-24(33)20-30(31)38-32(37)23-9-7-6-8-10-23;/h6-10,21-22,24,26-31,36H,11-20H2,1-5H3;1H4/t22?,24-,26-,27?,28?,29-,30-,31?,33+,34-;/m1./s1. The van der Waals surface area contributed by atoms with Crippen molar-refractivity contribution in [1.82, 2.24) is 0 Å². The number of carbonyl (C=O) groups is 2. The summed E-state index contributed by atoms with van der Waals surface area (Å²) in [4.78, 5) is 25.9. The van der Waals surface area contributed by atoms with Crippen LogP contribution in [-0.2, 0) is 9.53 Å². The molecular weight excluding hydrogens is 484 g/mol. The van der Waals surface area contributed by atoms with E-state index in [2.05, 4.69) is 34.6 Å². The van der Waals surface area contributed by atoms with Gasteiger partial charge in [0.2, 0.25) is 0 Å². The average Bonchev–Trinajstić information content (AvgIpc) is 3.25. The van der Waals surface area contributed by atoms with Crippen molar-refractivity contribution in [3.05, 3.63) is 35.9 Å². The minimum Gasteiger partial charge on any atom is -0.458 e. The molecule has 5 rings (SSSR count). The predicted octanol–water partition coefficient (Wildman–Crippen LogP) is 8.12. The van der Waals surface area contributed by atoms with Crippen molar-refractivity contribution in [2.24, 2.45) is 52.3 Å². The molecule has 0 radical (unpaired) electrons. The lowest BCUT2D eigenvalue weighted by Crippen LogP contribution is -2.59. The summed E-state index contributed by atoms with van der Waals surface area (Å²) in [5.41, 5.74) is 1.03. The molecule has 0 heterocycles. The van der Waals surface area contributed by atoms with Crippen LogP contribution in [0, 0.1) is 52.3 Å². The van der Waals surface area contributed by atoms with Gasteiger partial charge in [-0.15, -0.1) is 0 Å². The quantitative estimate of drug-likeness (QED) is 0.356. The maximum absolute atomic E-state index is 13.3. The summed E-state index contributed by atoms with van der Waals surface area (Å²) in [7, 11) is 0. The molecule has 0 amide bonds. The molecule has 4 heteroatoms. The molecule has 1 N–H and O–H groups in total. The second-order valence-electron chi connectivity index (χ2n) is 14.4. The number of aliphatic hydroxyl groups excluding tert-OH is 1. The third kappa shape index (κ3) is 5.48. The van der Waals surface area contributed by atoms with Crippen LogP contribution < -0.4 is 0 Å². The molecule has 1 aromatic rings. The Morgan fingerprint density at radius 1 is 1.00 bits per heavy atom. The summed E-state index contributed by atoms with van der Waals surface area (Å²) in [5.74, 6) is 3.46. The first-order valence-corrected chi connectivity index (χ1v) is 15.5. The van der Waals surface area contributed by atoms with Crippen molar-refractivity contribution in [3.63, 3.8) is 0 Å². The van der Waals surface area contributed by atoms with Gasteiger partial charge in [-0.3, -0.25) is 4.79 Å². The number of benzene rings is 1. The van der Waals surface area contributed by atoms with Crippen LogP contribution in [-0.4, -0.2) is 29.1 Å². The number of ether oxygens (including phenoxy) is 1. The van der Waals surface area contributed by atoms with Crippen LogP contribution in [0.1, 0.15) is 117 Å². The summed E-state index contributed by atoms with van der Waals surface area (Å²) in [6.07, 6.45) is 9.67. The van der Waals surface area contributed by atoms with Gasteiger partial charge in [-0.2, -0.15) is 0 Å². The van der Waals surface area contributed by atoms with Gasteiger partial charge in [0.25, 0.3) is 0 Å². The normalized spacial score (nSPS) is 39.1. The SMILES string of the molecule is C.CC(C)[C@H](O)CCC(C)[C@H]1CCC2C3C(CC[C@@]21C)[C@@]1(C)CCC(=O)C[C@@H]1C[C@H]3OC(=O)c1ccccc1. The molecule has 4 nitrogen and oxygen atoms in total. The minimum atomic E-state index is -0.218. The van der Waals surface area contributed by atoms with Crippen molar-refractivity contribution < 1.29 is 19.4 Å². The molecule has 4 saturated carbocycles. The van der Waals surface area contributed by atoms with Gasteiger partial charge in [0.15, 0.2) is 0 Å². The van der Waals surface area contributed by atoms with Crippen molar-refractivity contribution in [2.45, 2.75) is 118 Å². The fraction of sp³-hybridized carbons (Fsp3) is 0.771. The first-order chi connectivity index (χ1) is 18.0. The van der Waals surface area contributed by atoms with Gasteiger partial charge in [0.1, 0.15) is 11.9 Å². The zero-order chi connectivity index (χ0) is 27.2. The smallest absolute Gasteiger partial charge is 0.338 e. The van der Waals surface area contributed by atoms with Crippen LogP contribution in [0.15, 0.2) is 30.3 Å². The lowest BCUT2D eigenvalue weighted by molar-refractivity contribution is -0.170. The number of rotatable bonds is 7. The van der Waals surface area contributed by atoms with Crippen LogP contribution in [0.25, 0.3) is 0 Å². The lowest BCUT2D eigenvalue weighted by Gasteiger charge is -2.62. The first-order valence-electron chi connectivity index (χ1n) is 15.5. The highest BCUT2D eigenvalue weighted by atomic mass is 16.5. The van der Waals surface area contributed by atoms with Crippen LogP contribution in [0.5, 0.6) is 0 Å². The van der Waals surface area contributed by atoms with E-state index in [0.29, 0.717) is 65.6 Å². The van der Waals surface area contributed by atoms with E-state index < -0.39 is 0 Å². The Bertz CT molecular complexity index is 1000. The molecule has 0 bridgehead atoms. The number of carbonyl (C=O) groups excluding carboxylic acids is 2. The molecule has 4 fully saturated rings. The van der Waals surface area contributed by atoms with Gasteiger partial charge in [-0.05, 0) is 110 Å². The Morgan fingerprint density at radius 2 is 1.69 bits per heavy atom. The highest BCUT2D eigenvalue weighted by Crippen LogP contribution is 2.68. The zero-order valence-electron chi connectivity index (χ0n) is 24.3. The summed E-state index contributed by atoms with van der Waals surface area (Å²) < 4.78 is 6.45. The molecule has 218 valence electrons. The Hall–Kier alpha value is -1.68. The Labute approximate surface area is 237 Å². The number of esters is 1. The maximum atomic E-state index is 13.3. The van der Waals surface area contributed by atoms with E-state index in [1.54, 1.807) is 0 Å². The molecular formula is C35H54O4. The highest BCUT2D eigenvalue weighted by molar-refractivity contribution is 5.89. The van der Waals surface area contributed by atoms with Crippen LogP contribution in [0.2, 0.25) is 0 Å². The van der Waals surface area contributed by atoms with E-state index >= 15 is 0 Å². The summed E-state index contributed by atoms with van der Waals surface area (Å²) >= 11 is 0. The van der Waals surface area contributed by atoms with Crippen LogP contribution >= 0.6 is 0 Å². The topological polar surface area (TPSA) is 63.6 Å². The third-order valence-electron chi connectivity index (χ3n) is 12.2.